The number of carboxylic acid groups (broad SMARTS) is 1. The van der Waals surface area contributed by atoms with Crippen LogP contribution in [0.1, 0.15) is 17.4 Å². The number of hydrogen-bond donors (Lipinski definition) is 1. The van der Waals surface area contributed by atoms with Crippen LogP contribution in [0.2, 0.25) is 10.0 Å². The highest BCUT2D eigenvalue weighted by Gasteiger charge is 2.28. The first-order chi connectivity index (χ1) is 18.4. The number of hydrogen-bond acceptors (Lipinski definition) is 6. The fourth-order valence-electron chi connectivity index (χ4n) is 4.14. The van der Waals surface area contributed by atoms with Crippen molar-refractivity contribution in [3.05, 3.63) is 82.6 Å². The molecule has 0 aliphatic heterocycles. The number of carbonyl (C=O) groups is 2. The molecule has 0 aliphatic carbocycles. The second-order valence-corrected chi connectivity index (χ2v) is 11.4. The summed E-state index contributed by atoms with van der Waals surface area (Å²) in [6.07, 6.45) is 1.74. The number of anilines is 1. The molecule has 4 rings (SSSR count). The summed E-state index contributed by atoms with van der Waals surface area (Å²) >= 11 is 12.0. The second-order valence-electron chi connectivity index (χ2n) is 8.69. The molecule has 2 aromatic heterocycles. The number of aromatic nitrogens is 2. The quantitative estimate of drug-likeness (QED) is 0.285. The molecule has 39 heavy (non-hydrogen) atoms. The first-order valence-corrected chi connectivity index (χ1v) is 13.9. The van der Waals surface area contributed by atoms with Gasteiger partial charge in [-0.1, -0.05) is 29.3 Å². The number of carboxylic acids is 1. The molecule has 13 heteroatoms. The zero-order valence-electron chi connectivity index (χ0n) is 21.2. The van der Waals surface area contributed by atoms with Crippen LogP contribution in [0.15, 0.2) is 71.8 Å². The van der Waals surface area contributed by atoms with E-state index in [9.17, 15) is 23.1 Å². The summed E-state index contributed by atoms with van der Waals surface area (Å²) in [7, 11) is -0.773. The Labute approximate surface area is 235 Å². The summed E-state index contributed by atoms with van der Waals surface area (Å²) in [5.74, 6) is -1.10. The van der Waals surface area contributed by atoms with Crippen LogP contribution in [-0.2, 0) is 14.8 Å². The summed E-state index contributed by atoms with van der Waals surface area (Å²) < 4.78 is 29.5. The highest BCUT2D eigenvalue weighted by atomic mass is 35.5. The van der Waals surface area contributed by atoms with Crippen LogP contribution in [0.5, 0.6) is 0 Å². The molecular weight excluding hydrogens is 565 g/mol. The van der Waals surface area contributed by atoms with Crippen molar-refractivity contribution < 1.29 is 23.1 Å². The van der Waals surface area contributed by atoms with Crippen LogP contribution in [0.4, 0.5) is 5.69 Å². The van der Waals surface area contributed by atoms with E-state index < -0.39 is 22.5 Å². The minimum absolute atomic E-state index is 0.102. The average molecular weight is 590 g/mol. The fourth-order valence-corrected chi connectivity index (χ4v) is 6.28. The van der Waals surface area contributed by atoms with Crippen LogP contribution < -0.4 is 4.31 Å². The number of fused-ring (bicyclic) bond motifs is 1. The first-order valence-electron chi connectivity index (χ1n) is 11.7. The van der Waals surface area contributed by atoms with Crippen LogP contribution in [0, 0.1) is 0 Å². The number of carbonyl (C=O) groups excluding carboxylic acids is 1. The van der Waals surface area contributed by atoms with Gasteiger partial charge in [-0.3, -0.25) is 18.9 Å². The van der Waals surface area contributed by atoms with E-state index in [0.29, 0.717) is 23.3 Å². The Kier molecular flexibility index (Phi) is 8.17. The maximum Gasteiger partial charge on any atom is 0.324 e. The Balaban J connectivity index is 1.75. The van der Waals surface area contributed by atoms with Crippen molar-refractivity contribution in [3.63, 3.8) is 0 Å². The number of pyridine rings is 1. The summed E-state index contributed by atoms with van der Waals surface area (Å²) in [6, 6.07) is 15.4. The standard InChI is InChI=1S/C26H25Cl2N5O5S/c1-4-32(30(2)3)26(36)22-6-5-7-24(29-22)31-11-10-17-12-20(8-9-23(17)31)33(16-25(34)35)39(37,38)21-14-18(27)13-19(28)15-21/h5-15H,4,16H2,1-3H3,(H,34,35). The number of sulfonamides is 1. The van der Waals surface area contributed by atoms with Gasteiger partial charge in [-0.2, -0.15) is 0 Å². The molecule has 1 amide bonds. The van der Waals surface area contributed by atoms with E-state index in [4.69, 9.17) is 23.2 Å². The number of amides is 1. The molecule has 0 spiro atoms. The second kappa shape index (κ2) is 11.2. The largest absolute Gasteiger partial charge is 0.480 e. The Hall–Kier alpha value is -3.64. The third-order valence-corrected chi connectivity index (χ3v) is 8.07. The molecule has 204 valence electrons. The van der Waals surface area contributed by atoms with E-state index in [2.05, 4.69) is 4.98 Å². The molecule has 4 aromatic rings. The molecule has 0 unspecified atom stereocenters. The zero-order valence-corrected chi connectivity index (χ0v) is 23.6. The smallest absolute Gasteiger partial charge is 0.324 e. The van der Waals surface area contributed by atoms with Crippen LogP contribution in [0.3, 0.4) is 0 Å². The van der Waals surface area contributed by atoms with Crippen LogP contribution in [-0.4, -0.2) is 72.2 Å². The number of hydrazine groups is 1. The lowest BCUT2D eigenvalue weighted by atomic mass is 10.2. The maximum atomic E-state index is 13.5. The predicted octanol–water partition coefficient (Wildman–Crippen LogP) is 4.55. The van der Waals surface area contributed by atoms with E-state index in [1.807, 2.05) is 6.92 Å². The van der Waals surface area contributed by atoms with Crippen molar-refractivity contribution >= 4 is 61.7 Å². The highest BCUT2D eigenvalue weighted by Crippen LogP contribution is 2.31. The van der Waals surface area contributed by atoms with Crippen molar-refractivity contribution in [2.24, 2.45) is 0 Å². The summed E-state index contributed by atoms with van der Waals surface area (Å²) in [4.78, 5) is 28.9. The molecule has 2 aromatic carbocycles. The summed E-state index contributed by atoms with van der Waals surface area (Å²) in [6.45, 7) is 1.53. The van der Waals surface area contributed by atoms with Gasteiger partial charge in [0, 0.05) is 42.3 Å². The Morgan fingerprint density at radius 3 is 2.31 bits per heavy atom. The van der Waals surface area contributed by atoms with Gasteiger partial charge in [0.15, 0.2) is 0 Å². The lowest BCUT2D eigenvalue weighted by Gasteiger charge is -2.27. The van der Waals surface area contributed by atoms with Gasteiger partial charge in [0.1, 0.15) is 18.1 Å². The lowest BCUT2D eigenvalue weighted by Crippen LogP contribution is -2.42. The number of aliphatic carboxylic acids is 1. The number of nitrogens with zero attached hydrogens (tertiary/aromatic N) is 5. The zero-order chi connectivity index (χ0) is 28.5. The van der Waals surface area contributed by atoms with E-state index in [1.165, 1.54) is 24.3 Å². The highest BCUT2D eigenvalue weighted by molar-refractivity contribution is 7.92. The molecule has 10 nitrogen and oxygen atoms in total. The molecule has 1 N–H and O–H groups in total. The summed E-state index contributed by atoms with van der Waals surface area (Å²) in [5, 5.41) is 13.6. The molecule has 0 fully saturated rings. The molecule has 0 atom stereocenters. The van der Waals surface area contributed by atoms with Crippen molar-refractivity contribution in [1.29, 1.82) is 0 Å². The van der Waals surface area contributed by atoms with E-state index in [1.54, 1.807) is 71.3 Å². The third-order valence-electron chi connectivity index (χ3n) is 5.88. The molecule has 0 saturated carbocycles. The van der Waals surface area contributed by atoms with Gasteiger partial charge in [-0.25, -0.2) is 18.4 Å². The van der Waals surface area contributed by atoms with Gasteiger partial charge in [-0.05, 0) is 61.5 Å². The first kappa shape index (κ1) is 28.4. The minimum Gasteiger partial charge on any atom is -0.480 e. The van der Waals surface area contributed by atoms with Gasteiger partial charge in [-0.15, -0.1) is 0 Å². The Morgan fingerprint density at radius 2 is 1.69 bits per heavy atom. The molecule has 0 aliphatic rings. The van der Waals surface area contributed by atoms with Gasteiger partial charge >= 0.3 is 5.97 Å². The van der Waals surface area contributed by atoms with Crippen molar-refractivity contribution in [2.75, 3.05) is 31.5 Å². The van der Waals surface area contributed by atoms with Gasteiger partial charge in [0.05, 0.1) is 16.1 Å². The van der Waals surface area contributed by atoms with Crippen molar-refractivity contribution in [2.45, 2.75) is 11.8 Å². The minimum atomic E-state index is -4.32. The van der Waals surface area contributed by atoms with Crippen LogP contribution >= 0.6 is 23.2 Å². The van der Waals surface area contributed by atoms with Crippen LogP contribution in [0.25, 0.3) is 16.7 Å². The van der Waals surface area contributed by atoms with E-state index >= 15 is 0 Å². The van der Waals surface area contributed by atoms with E-state index in [-0.39, 0.29) is 32.2 Å². The van der Waals surface area contributed by atoms with Crippen molar-refractivity contribution in [1.82, 2.24) is 19.6 Å². The molecule has 0 bridgehead atoms. The van der Waals surface area contributed by atoms with Crippen molar-refractivity contribution in [3.8, 4) is 5.82 Å². The topological polar surface area (TPSA) is 116 Å². The Bertz CT molecular complexity index is 1650. The maximum absolute atomic E-state index is 13.5. The number of rotatable bonds is 9. The lowest BCUT2D eigenvalue weighted by molar-refractivity contribution is -0.135. The Morgan fingerprint density at radius 1 is 1.00 bits per heavy atom. The third kappa shape index (κ3) is 5.86. The van der Waals surface area contributed by atoms with Gasteiger partial charge in [0.2, 0.25) is 0 Å². The monoisotopic (exact) mass is 589 g/mol. The molecular formula is C26H25Cl2N5O5S. The predicted molar refractivity (Wildman–Crippen MR) is 150 cm³/mol. The van der Waals surface area contributed by atoms with E-state index in [0.717, 1.165) is 4.31 Å². The number of benzene rings is 2. The molecule has 2 heterocycles. The molecule has 0 saturated heterocycles. The molecule has 0 radical (unpaired) electrons. The average Bonchev–Trinajstić information content (AvgIpc) is 3.30. The normalized spacial score (nSPS) is 11.6. The summed E-state index contributed by atoms with van der Waals surface area (Å²) in [5.41, 5.74) is 1.08. The number of halogens is 2. The van der Waals surface area contributed by atoms with Gasteiger partial charge in [0.25, 0.3) is 15.9 Å². The SMILES string of the molecule is CCN(C(=O)c1cccc(-n2ccc3cc(N(CC(=O)O)S(=O)(=O)c4cc(Cl)cc(Cl)c4)ccc32)n1)N(C)C. The van der Waals surface area contributed by atoms with Gasteiger partial charge < -0.3 is 9.67 Å². The fraction of sp³-hybridized carbons (Fsp3) is 0.192.